The van der Waals surface area contributed by atoms with Crippen LogP contribution in [0.1, 0.15) is 5.56 Å². The molecule has 0 atom stereocenters. The van der Waals surface area contributed by atoms with E-state index in [2.05, 4.69) is 5.16 Å². The molecular weight excluding hydrogens is 232 g/mol. The first kappa shape index (κ1) is 12.4. The molecule has 0 saturated carbocycles. The Morgan fingerprint density at radius 1 is 1.28 bits per heavy atom. The van der Waals surface area contributed by atoms with Gasteiger partial charge in [-0.15, -0.1) is 0 Å². The van der Waals surface area contributed by atoms with Crippen molar-refractivity contribution in [3.05, 3.63) is 30.0 Å². The Balaban J connectivity index is 2.50. The SMILES string of the molecule is COc1ccc(OC)c(-c2oncc2CCN)c1. The fourth-order valence-corrected chi connectivity index (χ4v) is 1.81. The lowest BCUT2D eigenvalue weighted by molar-refractivity contribution is 0.397. The molecule has 2 aromatic rings. The lowest BCUT2D eigenvalue weighted by atomic mass is 10.1. The van der Waals surface area contributed by atoms with E-state index >= 15 is 0 Å². The van der Waals surface area contributed by atoms with Crippen LogP contribution in [0.25, 0.3) is 11.3 Å². The number of hydrogen-bond acceptors (Lipinski definition) is 5. The second-order valence-electron chi connectivity index (χ2n) is 3.79. The predicted octanol–water partition coefficient (Wildman–Crippen LogP) is 1.86. The van der Waals surface area contributed by atoms with Crippen LogP contribution in [-0.4, -0.2) is 25.9 Å². The van der Waals surface area contributed by atoms with Crippen LogP contribution >= 0.6 is 0 Å². The molecule has 0 aliphatic heterocycles. The molecule has 0 amide bonds. The van der Waals surface area contributed by atoms with E-state index in [1.54, 1.807) is 20.4 Å². The van der Waals surface area contributed by atoms with Crippen LogP contribution in [0.2, 0.25) is 0 Å². The molecule has 2 N–H and O–H groups in total. The number of benzene rings is 1. The van der Waals surface area contributed by atoms with E-state index in [-0.39, 0.29) is 0 Å². The largest absolute Gasteiger partial charge is 0.497 e. The highest BCUT2D eigenvalue weighted by molar-refractivity contribution is 5.70. The average molecular weight is 248 g/mol. The highest BCUT2D eigenvalue weighted by atomic mass is 16.5. The van der Waals surface area contributed by atoms with Crippen molar-refractivity contribution in [3.63, 3.8) is 0 Å². The molecule has 0 fully saturated rings. The molecule has 5 heteroatoms. The van der Waals surface area contributed by atoms with Crippen molar-refractivity contribution < 1.29 is 14.0 Å². The monoisotopic (exact) mass is 248 g/mol. The van der Waals surface area contributed by atoms with Crippen molar-refractivity contribution in [1.29, 1.82) is 0 Å². The first-order valence-corrected chi connectivity index (χ1v) is 5.66. The van der Waals surface area contributed by atoms with Crippen LogP contribution in [0.4, 0.5) is 0 Å². The number of aromatic nitrogens is 1. The van der Waals surface area contributed by atoms with Crippen LogP contribution in [0.15, 0.2) is 28.9 Å². The van der Waals surface area contributed by atoms with E-state index in [4.69, 9.17) is 19.7 Å². The first-order valence-electron chi connectivity index (χ1n) is 5.66. The maximum absolute atomic E-state index is 5.57. The highest BCUT2D eigenvalue weighted by Crippen LogP contribution is 2.35. The summed E-state index contributed by atoms with van der Waals surface area (Å²) in [5.74, 6) is 2.13. The summed E-state index contributed by atoms with van der Waals surface area (Å²) in [4.78, 5) is 0. The summed E-state index contributed by atoms with van der Waals surface area (Å²) in [7, 11) is 3.23. The highest BCUT2D eigenvalue weighted by Gasteiger charge is 2.15. The van der Waals surface area contributed by atoms with E-state index < -0.39 is 0 Å². The summed E-state index contributed by atoms with van der Waals surface area (Å²) in [6.07, 6.45) is 2.39. The quantitative estimate of drug-likeness (QED) is 0.874. The molecule has 0 radical (unpaired) electrons. The Morgan fingerprint density at radius 3 is 2.78 bits per heavy atom. The molecule has 0 aliphatic carbocycles. The second kappa shape index (κ2) is 5.55. The van der Waals surface area contributed by atoms with Crippen LogP contribution in [0.3, 0.4) is 0 Å². The summed E-state index contributed by atoms with van der Waals surface area (Å²) >= 11 is 0. The minimum Gasteiger partial charge on any atom is -0.497 e. The molecule has 18 heavy (non-hydrogen) atoms. The number of nitrogens with zero attached hydrogens (tertiary/aromatic N) is 1. The fraction of sp³-hybridized carbons (Fsp3) is 0.308. The maximum atomic E-state index is 5.57. The summed E-state index contributed by atoms with van der Waals surface area (Å²) in [5.41, 5.74) is 7.35. The van der Waals surface area contributed by atoms with Crippen molar-refractivity contribution in [3.8, 4) is 22.8 Å². The number of methoxy groups -OCH3 is 2. The lowest BCUT2D eigenvalue weighted by Crippen LogP contribution is -2.02. The summed E-state index contributed by atoms with van der Waals surface area (Å²) in [5, 5.41) is 3.82. The van der Waals surface area contributed by atoms with Gasteiger partial charge >= 0.3 is 0 Å². The van der Waals surface area contributed by atoms with E-state index in [0.29, 0.717) is 24.5 Å². The standard InChI is InChI=1S/C13H16N2O3/c1-16-10-3-4-12(17-2)11(7-10)13-9(5-6-14)8-15-18-13/h3-4,7-8H,5-6,14H2,1-2H3. The van der Waals surface area contributed by atoms with Gasteiger partial charge in [0.2, 0.25) is 0 Å². The van der Waals surface area contributed by atoms with Gasteiger partial charge in [0.25, 0.3) is 0 Å². The zero-order valence-electron chi connectivity index (χ0n) is 10.5. The molecular formula is C13H16N2O3. The van der Waals surface area contributed by atoms with Gasteiger partial charge in [0.1, 0.15) is 11.5 Å². The summed E-state index contributed by atoms with van der Waals surface area (Å²) in [6.45, 7) is 0.542. The topological polar surface area (TPSA) is 70.5 Å². The van der Waals surface area contributed by atoms with Crippen molar-refractivity contribution >= 4 is 0 Å². The summed E-state index contributed by atoms with van der Waals surface area (Å²) < 4.78 is 15.8. The maximum Gasteiger partial charge on any atom is 0.173 e. The van der Waals surface area contributed by atoms with Crippen LogP contribution in [0, 0.1) is 0 Å². The molecule has 5 nitrogen and oxygen atoms in total. The Hall–Kier alpha value is -2.01. The Morgan fingerprint density at radius 2 is 2.11 bits per heavy atom. The predicted molar refractivity (Wildman–Crippen MR) is 67.8 cm³/mol. The molecule has 1 aromatic heterocycles. The minimum absolute atomic E-state index is 0.542. The number of ether oxygens (including phenoxy) is 2. The first-order chi connectivity index (χ1) is 8.80. The van der Waals surface area contributed by atoms with Gasteiger partial charge in [0, 0.05) is 5.56 Å². The third-order valence-electron chi connectivity index (χ3n) is 2.71. The van der Waals surface area contributed by atoms with Crippen molar-refractivity contribution in [1.82, 2.24) is 5.16 Å². The molecule has 96 valence electrons. The van der Waals surface area contributed by atoms with Gasteiger partial charge in [-0.05, 0) is 31.2 Å². The number of nitrogens with two attached hydrogens (primary N) is 1. The third kappa shape index (κ3) is 2.31. The Labute approximate surface area is 105 Å². The normalized spacial score (nSPS) is 10.4. The van der Waals surface area contributed by atoms with E-state index in [1.165, 1.54) is 0 Å². The molecule has 2 rings (SSSR count). The Bertz CT molecular complexity index is 523. The Kier molecular flexibility index (Phi) is 3.84. The van der Waals surface area contributed by atoms with Gasteiger partial charge in [0.15, 0.2) is 5.76 Å². The van der Waals surface area contributed by atoms with Gasteiger partial charge in [-0.25, -0.2) is 0 Å². The molecule has 0 spiro atoms. The van der Waals surface area contributed by atoms with Crippen LogP contribution in [0.5, 0.6) is 11.5 Å². The molecule has 0 unspecified atom stereocenters. The smallest absolute Gasteiger partial charge is 0.173 e. The number of hydrogen-bond donors (Lipinski definition) is 1. The second-order valence-corrected chi connectivity index (χ2v) is 3.79. The lowest BCUT2D eigenvalue weighted by Gasteiger charge is -2.09. The van der Waals surface area contributed by atoms with Crippen LogP contribution in [-0.2, 0) is 6.42 Å². The fourth-order valence-electron chi connectivity index (χ4n) is 1.81. The van der Waals surface area contributed by atoms with Gasteiger partial charge in [0.05, 0.1) is 26.0 Å². The van der Waals surface area contributed by atoms with Crippen molar-refractivity contribution in [2.75, 3.05) is 20.8 Å². The number of rotatable bonds is 5. The average Bonchev–Trinajstić information content (AvgIpc) is 2.86. The molecule has 1 aromatic carbocycles. The van der Waals surface area contributed by atoms with Gasteiger partial charge in [-0.3, -0.25) is 0 Å². The van der Waals surface area contributed by atoms with E-state index in [9.17, 15) is 0 Å². The zero-order chi connectivity index (χ0) is 13.0. The molecule has 0 saturated heterocycles. The molecule has 0 aliphatic rings. The van der Waals surface area contributed by atoms with Crippen LogP contribution < -0.4 is 15.2 Å². The zero-order valence-corrected chi connectivity index (χ0v) is 10.5. The van der Waals surface area contributed by atoms with Crippen molar-refractivity contribution in [2.45, 2.75) is 6.42 Å². The van der Waals surface area contributed by atoms with E-state index in [1.807, 2.05) is 18.2 Å². The molecule has 1 heterocycles. The van der Waals surface area contributed by atoms with E-state index in [0.717, 1.165) is 16.9 Å². The molecule has 0 bridgehead atoms. The minimum atomic E-state index is 0.542. The van der Waals surface area contributed by atoms with Gasteiger partial charge < -0.3 is 19.7 Å². The van der Waals surface area contributed by atoms with Gasteiger partial charge in [-0.2, -0.15) is 0 Å². The third-order valence-corrected chi connectivity index (χ3v) is 2.71. The van der Waals surface area contributed by atoms with Gasteiger partial charge in [-0.1, -0.05) is 5.16 Å². The summed E-state index contributed by atoms with van der Waals surface area (Å²) in [6, 6.07) is 5.53. The van der Waals surface area contributed by atoms with Crippen molar-refractivity contribution in [2.24, 2.45) is 5.73 Å².